The SMILES string of the molecule is COC(=O)C(CC(C)C)NC(=O)c1cccc(F)c1Cl. The van der Waals surface area contributed by atoms with E-state index in [4.69, 9.17) is 11.6 Å². The van der Waals surface area contributed by atoms with E-state index in [0.717, 1.165) is 6.07 Å². The zero-order chi connectivity index (χ0) is 15.3. The molecule has 0 aliphatic rings. The smallest absolute Gasteiger partial charge is 0.328 e. The van der Waals surface area contributed by atoms with Gasteiger partial charge in [-0.3, -0.25) is 4.79 Å². The highest BCUT2D eigenvalue weighted by atomic mass is 35.5. The highest BCUT2D eigenvalue weighted by Gasteiger charge is 2.24. The summed E-state index contributed by atoms with van der Waals surface area (Å²) in [6.45, 7) is 3.83. The Labute approximate surface area is 122 Å². The van der Waals surface area contributed by atoms with Gasteiger partial charge in [0.2, 0.25) is 0 Å². The molecular formula is C14H17ClFNO3. The summed E-state index contributed by atoms with van der Waals surface area (Å²) >= 11 is 5.74. The fraction of sp³-hybridized carbons (Fsp3) is 0.429. The Morgan fingerprint density at radius 3 is 2.60 bits per heavy atom. The lowest BCUT2D eigenvalue weighted by molar-refractivity contribution is -0.143. The summed E-state index contributed by atoms with van der Waals surface area (Å²) in [6.07, 6.45) is 0.422. The second-order valence-corrected chi connectivity index (χ2v) is 5.16. The third kappa shape index (κ3) is 4.20. The summed E-state index contributed by atoms with van der Waals surface area (Å²) in [6, 6.07) is 3.15. The largest absolute Gasteiger partial charge is 0.467 e. The van der Waals surface area contributed by atoms with Crippen molar-refractivity contribution in [2.24, 2.45) is 5.92 Å². The van der Waals surface area contributed by atoms with Gasteiger partial charge in [0.1, 0.15) is 11.9 Å². The molecule has 1 aromatic rings. The molecule has 1 atom stereocenters. The normalized spacial score (nSPS) is 12.1. The van der Waals surface area contributed by atoms with Crippen LogP contribution in [-0.4, -0.2) is 25.0 Å². The van der Waals surface area contributed by atoms with E-state index >= 15 is 0 Å². The van der Waals surface area contributed by atoms with Crippen LogP contribution in [0.15, 0.2) is 18.2 Å². The summed E-state index contributed by atoms with van der Waals surface area (Å²) in [5.74, 6) is -1.65. The van der Waals surface area contributed by atoms with Crippen LogP contribution < -0.4 is 5.32 Å². The minimum absolute atomic E-state index is 0.00988. The van der Waals surface area contributed by atoms with Gasteiger partial charge in [0.25, 0.3) is 5.91 Å². The molecule has 1 aromatic carbocycles. The Balaban J connectivity index is 2.90. The van der Waals surface area contributed by atoms with Crippen LogP contribution in [0.3, 0.4) is 0 Å². The Morgan fingerprint density at radius 1 is 1.40 bits per heavy atom. The van der Waals surface area contributed by atoms with E-state index in [1.54, 1.807) is 0 Å². The minimum Gasteiger partial charge on any atom is -0.467 e. The van der Waals surface area contributed by atoms with Crippen molar-refractivity contribution in [3.8, 4) is 0 Å². The first-order valence-electron chi connectivity index (χ1n) is 6.19. The molecule has 1 amide bonds. The number of halogens is 2. The number of hydrogen-bond acceptors (Lipinski definition) is 3. The number of benzene rings is 1. The average molecular weight is 302 g/mol. The average Bonchev–Trinajstić information content (AvgIpc) is 2.39. The van der Waals surface area contributed by atoms with Crippen molar-refractivity contribution >= 4 is 23.5 Å². The van der Waals surface area contributed by atoms with Gasteiger partial charge < -0.3 is 10.1 Å². The molecular weight excluding hydrogens is 285 g/mol. The molecule has 110 valence electrons. The van der Waals surface area contributed by atoms with Gasteiger partial charge in [0.15, 0.2) is 0 Å². The third-order valence-corrected chi connectivity index (χ3v) is 3.08. The lowest BCUT2D eigenvalue weighted by Gasteiger charge is -2.18. The summed E-state index contributed by atoms with van der Waals surface area (Å²) in [4.78, 5) is 23.7. The van der Waals surface area contributed by atoms with Gasteiger partial charge in [-0.2, -0.15) is 0 Å². The highest BCUT2D eigenvalue weighted by molar-refractivity contribution is 6.34. The molecule has 0 saturated heterocycles. The van der Waals surface area contributed by atoms with Gasteiger partial charge in [-0.1, -0.05) is 31.5 Å². The number of carbonyl (C=O) groups is 2. The second-order valence-electron chi connectivity index (χ2n) is 4.78. The van der Waals surface area contributed by atoms with E-state index in [1.165, 1.54) is 19.2 Å². The Bertz CT molecular complexity index is 505. The van der Waals surface area contributed by atoms with Gasteiger partial charge in [0.05, 0.1) is 17.7 Å². The quantitative estimate of drug-likeness (QED) is 0.851. The van der Waals surface area contributed by atoms with Crippen LogP contribution in [-0.2, 0) is 9.53 Å². The number of carbonyl (C=O) groups excluding carboxylic acids is 2. The van der Waals surface area contributed by atoms with E-state index in [1.807, 2.05) is 13.8 Å². The molecule has 0 aliphatic heterocycles. The van der Waals surface area contributed by atoms with Crippen LogP contribution in [0.2, 0.25) is 5.02 Å². The maximum atomic E-state index is 13.3. The fourth-order valence-corrected chi connectivity index (χ4v) is 1.95. The van der Waals surface area contributed by atoms with Crippen molar-refractivity contribution < 1.29 is 18.7 Å². The van der Waals surface area contributed by atoms with Crippen LogP contribution in [0.5, 0.6) is 0 Å². The molecule has 0 aromatic heterocycles. The number of amides is 1. The topological polar surface area (TPSA) is 55.4 Å². The Kier molecular flexibility index (Phi) is 5.95. The molecule has 1 rings (SSSR count). The zero-order valence-electron chi connectivity index (χ0n) is 11.6. The molecule has 1 unspecified atom stereocenters. The van der Waals surface area contributed by atoms with Crippen LogP contribution in [0, 0.1) is 11.7 Å². The number of rotatable bonds is 5. The predicted molar refractivity (Wildman–Crippen MR) is 74.1 cm³/mol. The molecule has 1 N–H and O–H groups in total. The lowest BCUT2D eigenvalue weighted by Crippen LogP contribution is -2.42. The van der Waals surface area contributed by atoms with E-state index in [2.05, 4.69) is 10.1 Å². The van der Waals surface area contributed by atoms with Gasteiger partial charge in [-0.05, 0) is 24.5 Å². The highest BCUT2D eigenvalue weighted by Crippen LogP contribution is 2.20. The number of nitrogens with one attached hydrogen (secondary N) is 1. The van der Waals surface area contributed by atoms with Gasteiger partial charge in [-0.25, -0.2) is 9.18 Å². The monoisotopic (exact) mass is 301 g/mol. The molecule has 0 bridgehead atoms. The van der Waals surface area contributed by atoms with Crippen LogP contribution in [0.1, 0.15) is 30.6 Å². The van der Waals surface area contributed by atoms with Crippen molar-refractivity contribution in [2.75, 3.05) is 7.11 Å². The van der Waals surface area contributed by atoms with Crippen LogP contribution in [0.4, 0.5) is 4.39 Å². The van der Waals surface area contributed by atoms with Gasteiger partial charge in [-0.15, -0.1) is 0 Å². The van der Waals surface area contributed by atoms with E-state index < -0.39 is 23.7 Å². The fourth-order valence-electron chi connectivity index (χ4n) is 1.74. The molecule has 6 heteroatoms. The van der Waals surface area contributed by atoms with Crippen LogP contribution >= 0.6 is 11.6 Å². The molecule has 0 heterocycles. The first-order valence-corrected chi connectivity index (χ1v) is 6.57. The van der Waals surface area contributed by atoms with Crippen molar-refractivity contribution in [3.05, 3.63) is 34.6 Å². The van der Waals surface area contributed by atoms with Crippen molar-refractivity contribution in [1.29, 1.82) is 0 Å². The maximum absolute atomic E-state index is 13.3. The van der Waals surface area contributed by atoms with Crippen molar-refractivity contribution in [2.45, 2.75) is 26.3 Å². The Morgan fingerprint density at radius 2 is 2.05 bits per heavy atom. The molecule has 4 nitrogen and oxygen atoms in total. The predicted octanol–water partition coefficient (Wildman–Crippen LogP) is 2.80. The third-order valence-electron chi connectivity index (χ3n) is 2.69. The molecule has 0 saturated carbocycles. The molecule has 0 spiro atoms. The molecule has 20 heavy (non-hydrogen) atoms. The van der Waals surface area contributed by atoms with Crippen LogP contribution in [0.25, 0.3) is 0 Å². The van der Waals surface area contributed by atoms with E-state index in [0.29, 0.717) is 6.42 Å². The zero-order valence-corrected chi connectivity index (χ0v) is 12.3. The van der Waals surface area contributed by atoms with Crippen molar-refractivity contribution in [1.82, 2.24) is 5.32 Å². The number of ether oxygens (including phenoxy) is 1. The first-order chi connectivity index (χ1) is 9.36. The van der Waals surface area contributed by atoms with Gasteiger partial charge in [0, 0.05) is 0 Å². The van der Waals surface area contributed by atoms with Crippen molar-refractivity contribution in [3.63, 3.8) is 0 Å². The minimum atomic E-state index is -0.785. The summed E-state index contributed by atoms with van der Waals surface area (Å²) in [5, 5.41) is 2.25. The molecule has 0 radical (unpaired) electrons. The van der Waals surface area contributed by atoms with Gasteiger partial charge >= 0.3 is 5.97 Å². The van der Waals surface area contributed by atoms with E-state index in [9.17, 15) is 14.0 Å². The second kappa shape index (κ2) is 7.24. The standard InChI is InChI=1S/C14H17ClFNO3/c1-8(2)7-11(14(19)20-3)17-13(18)9-5-4-6-10(16)12(9)15/h4-6,8,11H,7H2,1-3H3,(H,17,18). The number of hydrogen-bond donors (Lipinski definition) is 1. The number of esters is 1. The maximum Gasteiger partial charge on any atom is 0.328 e. The van der Waals surface area contributed by atoms with E-state index in [-0.39, 0.29) is 16.5 Å². The Hall–Kier alpha value is -1.62. The molecule has 0 aliphatic carbocycles. The summed E-state index contributed by atoms with van der Waals surface area (Å²) in [5.41, 5.74) is -0.00988. The summed E-state index contributed by atoms with van der Waals surface area (Å²) in [7, 11) is 1.25. The first kappa shape index (κ1) is 16.4. The lowest BCUT2D eigenvalue weighted by atomic mass is 10.0. The summed E-state index contributed by atoms with van der Waals surface area (Å²) < 4.78 is 18.0. The number of methoxy groups -OCH3 is 1. The molecule has 0 fully saturated rings.